The zero-order chi connectivity index (χ0) is 40.9. The summed E-state index contributed by atoms with van der Waals surface area (Å²) in [5.74, 6) is 2.06. The lowest BCUT2D eigenvalue weighted by molar-refractivity contribution is -0.138. The standard InChI is InChI=1S/C49H56N8O2/c1-5-55(6-2)45(38-15-9-7-10-16-38)49(59)57-30-14-20-43(57)47-51-32-41(54-47)37-27-23-35(24-28-37)34-21-25-36(26-22-34)40-31-50-46(53-40)42-19-13-29-56(42)48(58)44(33(3)4)52-39-17-11-8-12-18-39/h7-12,15-18,21-28,31-33,42-45,52H,5-6,13-14,19-20,29-30H2,1-4H3,(H,50,53)(H,51,54)/t42-,43-,44-,45+/m0/s1. The van der Waals surface area contributed by atoms with Crippen molar-refractivity contribution in [3.63, 3.8) is 0 Å². The number of carbonyl (C=O) groups excluding carboxylic acids is 2. The van der Waals surface area contributed by atoms with E-state index in [-0.39, 0.29) is 41.9 Å². The minimum absolute atomic E-state index is 0.0806. The van der Waals surface area contributed by atoms with E-state index in [4.69, 9.17) is 9.97 Å². The molecule has 304 valence electrons. The number of aromatic amines is 2. The van der Waals surface area contributed by atoms with E-state index in [0.29, 0.717) is 0 Å². The van der Waals surface area contributed by atoms with E-state index in [1.165, 1.54) is 0 Å². The number of likely N-dealkylation sites (N-methyl/N-ethyl adjacent to an activating group) is 1. The highest BCUT2D eigenvalue weighted by molar-refractivity contribution is 5.86. The van der Waals surface area contributed by atoms with Gasteiger partial charge in [-0.15, -0.1) is 0 Å². The molecule has 0 unspecified atom stereocenters. The Morgan fingerprint density at radius 1 is 0.661 bits per heavy atom. The SMILES string of the molecule is CCN(CC)[C@@H](C(=O)N1CCC[C@H]1c1ncc(-c2ccc(-c3ccc(-c4cnc([C@@H]5CCCN5C(=O)[C@@H](Nc5ccccc5)C(C)C)[nH]4)cc3)cc2)[nH]1)c1ccccc1. The van der Waals surface area contributed by atoms with Crippen molar-refractivity contribution in [2.45, 2.75) is 77.5 Å². The molecule has 2 saturated heterocycles. The van der Waals surface area contributed by atoms with Crippen LogP contribution in [0, 0.1) is 5.92 Å². The molecule has 2 aliphatic heterocycles. The topological polar surface area (TPSA) is 113 Å². The van der Waals surface area contributed by atoms with Gasteiger partial charge in [0, 0.05) is 18.8 Å². The third kappa shape index (κ3) is 8.45. The number of imidazole rings is 2. The fraction of sp³-hybridized carbons (Fsp3) is 0.347. The minimum Gasteiger partial charge on any atom is -0.373 e. The first kappa shape index (κ1) is 39.8. The Labute approximate surface area is 348 Å². The number of benzene rings is 4. The molecule has 2 fully saturated rings. The number of para-hydroxylation sites is 1. The second kappa shape index (κ2) is 17.9. The maximum absolute atomic E-state index is 14.2. The normalized spacial score (nSPS) is 17.8. The van der Waals surface area contributed by atoms with Crippen LogP contribution in [0.25, 0.3) is 33.6 Å². The number of carbonyl (C=O) groups is 2. The molecule has 8 rings (SSSR count). The highest BCUT2D eigenvalue weighted by atomic mass is 16.2. The Balaban J connectivity index is 0.924. The third-order valence-electron chi connectivity index (χ3n) is 12.2. The summed E-state index contributed by atoms with van der Waals surface area (Å²) in [4.78, 5) is 51.2. The molecule has 0 saturated carbocycles. The molecule has 0 spiro atoms. The maximum atomic E-state index is 14.2. The summed E-state index contributed by atoms with van der Waals surface area (Å²) in [5, 5.41) is 3.48. The van der Waals surface area contributed by atoms with E-state index in [0.717, 1.165) is 108 Å². The van der Waals surface area contributed by atoms with E-state index >= 15 is 0 Å². The van der Waals surface area contributed by atoms with Gasteiger partial charge in [-0.05, 0) is 84.6 Å². The fourth-order valence-corrected chi connectivity index (χ4v) is 8.92. The average molecular weight is 789 g/mol. The molecule has 59 heavy (non-hydrogen) atoms. The van der Waals surface area contributed by atoms with Gasteiger partial charge >= 0.3 is 0 Å². The second-order valence-corrected chi connectivity index (χ2v) is 16.2. The van der Waals surface area contributed by atoms with Crippen LogP contribution in [0.5, 0.6) is 0 Å². The quantitative estimate of drug-likeness (QED) is 0.101. The number of H-pyrrole nitrogens is 2. The Kier molecular flexibility index (Phi) is 12.1. The number of amides is 2. The van der Waals surface area contributed by atoms with Gasteiger partial charge in [-0.25, -0.2) is 9.97 Å². The number of hydrogen-bond donors (Lipinski definition) is 3. The van der Waals surface area contributed by atoms with Gasteiger partial charge in [0.25, 0.3) is 0 Å². The maximum Gasteiger partial charge on any atom is 0.245 e. The summed E-state index contributed by atoms with van der Waals surface area (Å²) in [7, 11) is 0. The molecule has 0 bridgehead atoms. The molecular formula is C49H56N8O2. The largest absolute Gasteiger partial charge is 0.373 e. The lowest BCUT2D eigenvalue weighted by atomic mass is 10.0. The van der Waals surface area contributed by atoms with E-state index in [1.54, 1.807) is 0 Å². The smallest absolute Gasteiger partial charge is 0.245 e. The Bertz CT molecular complexity index is 2300. The third-order valence-corrected chi connectivity index (χ3v) is 12.2. The molecule has 2 aliphatic rings. The van der Waals surface area contributed by atoms with Crippen LogP contribution in [-0.2, 0) is 9.59 Å². The summed E-state index contributed by atoms with van der Waals surface area (Å²) >= 11 is 0. The van der Waals surface area contributed by atoms with Crippen LogP contribution in [0.15, 0.2) is 122 Å². The van der Waals surface area contributed by atoms with Gasteiger partial charge in [-0.2, -0.15) is 0 Å². The second-order valence-electron chi connectivity index (χ2n) is 16.2. The van der Waals surface area contributed by atoms with E-state index < -0.39 is 0 Å². The monoisotopic (exact) mass is 788 g/mol. The number of nitrogens with one attached hydrogen (secondary N) is 3. The highest BCUT2D eigenvalue weighted by Crippen LogP contribution is 2.37. The summed E-state index contributed by atoms with van der Waals surface area (Å²) in [5.41, 5.74) is 8.18. The van der Waals surface area contributed by atoms with Crippen molar-refractivity contribution in [3.8, 4) is 33.6 Å². The van der Waals surface area contributed by atoms with E-state index in [2.05, 4.69) is 109 Å². The van der Waals surface area contributed by atoms with Gasteiger partial charge in [-0.1, -0.05) is 125 Å². The first-order valence-electron chi connectivity index (χ1n) is 21.4. The van der Waals surface area contributed by atoms with Crippen LogP contribution in [0.2, 0.25) is 0 Å². The zero-order valence-corrected chi connectivity index (χ0v) is 34.6. The zero-order valence-electron chi connectivity index (χ0n) is 34.6. The molecule has 2 amide bonds. The average Bonchev–Trinajstić information content (AvgIpc) is 4.12. The van der Waals surface area contributed by atoms with Crippen molar-refractivity contribution in [3.05, 3.63) is 139 Å². The van der Waals surface area contributed by atoms with Crippen LogP contribution in [0.3, 0.4) is 0 Å². The van der Waals surface area contributed by atoms with Crippen molar-refractivity contribution < 1.29 is 9.59 Å². The molecule has 3 N–H and O–H groups in total. The van der Waals surface area contributed by atoms with Crippen LogP contribution in [0.1, 0.15) is 88.7 Å². The Morgan fingerprint density at radius 2 is 1.12 bits per heavy atom. The molecule has 4 heterocycles. The highest BCUT2D eigenvalue weighted by Gasteiger charge is 2.39. The number of anilines is 1. The molecule has 4 atom stereocenters. The summed E-state index contributed by atoms with van der Waals surface area (Å²) in [6.07, 6.45) is 7.45. The number of nitrogens with zero attached hydrogens (tertiary/aromatic N) is 5. The van der Waals surface area contributed by atoms with Gasteiger partial charge in [0.05, 0.1) is 35.9 Å². The Morgan fingerprint density at radius 3 is 1.59 bits per heavy atom. The predicted octanol–water partition coefficient (Wildman–Crippen LogP) is 9.68. The van der Waals surface area contributed by atoms with Gasteiger partial charge in [0.1, 0.15) is 23.7 Å². The molecule has 6 aromatic rings. The van der Waals surface area contributed by atoms with Crippen molar-refractivity contribution in [2.75, 3.05) is 31.5 Å². The number of rotatable bonds is 14. The van der Waals surface area contributed by atoms with Crippen LogP contribution in [0.4, 0.5) is 5.69 Å². The summed E-state index contributed by atoms with van der Waals surface area (Å²) in [6.45, 7) is 11.5. The first-order valence-corrected chi connectivity index (χ1v) is 21.4. The lowest BCUT2D eigenvalue weighted by Crippen LogP contribution is -2.45. The fourth-order valence-electron chi connectivity index (χ4n) is 8.92. The summed E-state index contributed by atoms with van der Waals surface area (Å²) in [6, 6.07) is 36.4. The van der Waals surface area contributed by atoms with Crippen LogP contribution < -0.4 is 5.32 Å². The molecule has 10 nitrogen and oxygen atoms in total. The minimum atomic E-state index is -0.317. The summed E-state index contributed by atoms with van der Waals surface area (Å²) < 4.78 is 0. The number of aromatic nitrogens is 4. The van der Waals surface area contributed by atoms with Gasteiger partial charge in [-0.3, -0.25) is 14.5 Å². The first-order chi connectivity index (χ1) is 28.8. The molecule has 0 radical (unpaired) electrons. The molecular weight excluding hydrogens is 733 g/mol. The van der Waals surface area contributed by atoms with E-state index in [9.17, 15) is 9.59 Å². The predicted molar refractivity (Wildman–Crippen MR) is 235 cm³/mol. The van der Waals surface area contributed by atoms with E-state index in [1.807, 2.05) is 70.7 Å². The van der Waals surface area contributed by atoms with Crippen LogP contribution >= 0.6 is 0 Å². The lowest BCUT2D eigenvalue weighted by Gasteiger charge is -2.34. The van der Waals surface area contributed by atoms with Gasteiger partial charge in [0.2, 0.25) is 11.8 Å². The molecule has 2 aromatic heterocycles. The van der Waals surface area contributed by atoms with Crippen molar-refractivity contribution in [1.82, 2.24) is 34.6 Å². The van der Waals surface area contributed by atoms with Crippen molar-refractivity contribution in [2.24, 2.45) is 5.92 Å². The van der Waals surface area contributed by atoms with Crippen LogP contribution in [-0.4, -0.2) is 78.7 Å². The van der Waals surface area contributed by atoms with Gasteiger partial charge in [0.15, 0.2) is 0 Å². The van der Waals surface area contributed by atoms with Crippen molar-refractivity contribution in [1.29, 1.82) is 0 Å². The molecule has 0 aliphatic carbocycles. The number of likely N-dealkylation sites (tertiary alicyclic amines) is 2. The Hall–Kier alpha value is -6.00. The van der Waals surface area contributed by atoms with Crippen molar-refractivity contribution >= 4 is 17.5 Å². The molecule has 4 aromatic carbocycles. The number of hydrogen-bond acceptors (Lipinski definition) is 6. The molecule has 10 heteroatoms. The van der Waals surface area contributed by atoms with Gasteiger partial charge < -0.3 is 25.1 Å².